The molecule has 0 saturated heterocycles. The average Bonchev–Trinajstić information content (AvgIpc) is 2.71. The van der Waals surface area contributed by atoms with Crippen molar-refractivity contribution in [2.45, 2.75) is 12.4 Å². The van der Waals surface area contributed by atoms with E-state index in [1.807, 2.05) is 0 Å². The average molecular weight is 439 g/mol. The number of rotatable bonds is 5. The summed E-state index contributed by atoms with van der Waals surface area (Å²) >= 11 is 0. The largest absolute Gasteiger partial charge is 0.421 e. The van der Waals surface area contributed by atoms with Crippen LogP contribution in [0.3, 0.4) is 0 Å². The SMILES string of the molecule is FC(F)(F)C(=CC[P+](c1ccccc1)(c1ccccc1)c1ccccc1)C(F)(F)F. The highest BCUT2D eigenvalue weighted by atomic mass is 31.2. The van der Waals surface area contributed by atoms with Crippen LogP contribution in [0.4, 0.5) is 26.3 Å². The zero-order valence-electron chi connectivity index (χ0n) is 15.7. The van der Waals surface area contributed by atoms with Crippen LogP contribution in [-0.2, 0) is 0 Å². The minimum absolute atomic E-state index is 0.320. The first-order chi connectivity index (χ1) is 14.2. The van der Waals surface area contributed by atoms with Gasteiger partial charge >= 0.3 is 12.4 Å². The second-order valence-corrected chi connectivity index (χ2v) is 10.1. The van der Waals surface area contributed by atoms with Gasteiger partial charge in [-0.1, -0.05) is 54.6 Å². The van der Waals surface area contributed by atoms with Gasteiger partial charge in [0.2, 0.25) is 0 Å². The third-order valence-electron chi connectivity index (χ3n) is 4.77. The fourth-order valence-electron chi connectivity index (χ4n) is 3.43. The lowest BCUT2D eigenvalue weighted by atomic mass is 10.2. The summed E-state index contributed by atoms with van der Waals surface area (Å²) in [7, 11) is -2.82. The Labute approximate surface area is 171 Å². The van der Waals surface area contributed by atoms with Gasteiger partial charge in [-0.3, -0.25) is 0 Å². The van der Waals surface area contributed by atoms with Crippen molar-refractivity contribution in [3.63, 3.8) is 0 Å². The third-order valence-corrected chi connectivity index (χ3v) is 9.04. The summed E-state index contributed by atoms with van der Waals surface area (Å²) in [4.78, 5) is 0. The fourth-order valence-corrected chi connectivity index (χ4v) is 7.46. The maximum atomic E-state index is 13.2. The molecule has 0 spiro atoms. The molecule has 0 fully saturated rings. The molecule has 0 radical (unpaired) electrons. The molecular formula is C23H18F6P+. The van der Waals surface area contributed by atoms with Gasteiger partial charge in [-0.15, -0.1) is 0 Å². The van der Waals surface area contributed by atoms with Crippen molar-refractivity contribution in [3.8, 4) is 0 Å². The van der Waals surface area contributed by atoms with E-state index in [1.54, 1.807) is 91.0 Å². The summed E-state index contributed by atoms with van der Waals surface area (Å²) in [5.74, 6) is 0. The van der Waals surface area contributed by atoms with Gasteiger partial charge in [0.1, 0.15) is 28.7 Å². The van der Waals surface area contributed by atoms with Crippen LogP contribution in [0.15, 0.2) is 103 Å². The van der Waals surface area contributed by atoms with Gasteiger partial charge in [0, 0.05) is 0 Å². The van der Waals surface area contributed by atoms with E-state index in [0.29, 0.717) is 22.0 Å². The Hall–Kier alpha value is -2.59. The highest BCUT2D eigenvalue weighted by Gasteiger charge is 2.52. The van der Waals surface area contributed by atoms with E-state index >= 15 is 0 Å². The molecule has 3 aromatic rings. The lowest BCUT2D eigenvalue weighted by Gasteiger charge is -2.27. The van der Waals surface area contributed by atoms with Crippen molar-refractivity contribution in [1.29, 1.82) is 0 Å². The molecule has 0 aromatic heterocycles. The van der Waals surface area contributed by atoms with Crippen molar-refractivity contribution in [1.82, 2.24) is 0 Å². The van der Waals surface area contributed by atoms with Crippen molar-refractivity contribution in [3.05, 3.63) is 103 Å². The molecule has 0 nitrogen and oxygen atoms in total. The van der Waals surface area contributed by atoms with E-state index in [-0.39, 0.29) is 0 Å². The summed E-state index contributed by atoms with van der Waals surface area (Å²) in [6.07, 6.45) is -11.1. The maximum Gasteiger partial charge on any atom is 0.421 e. The lowest BCUT2D eigenvalue weighted by Crippen LogP contribution is -2.34. The van der Waals surface area contributed by atoms with Gasteiger partial charge in [-0.05, 0) is 42.5 Å². The Balaban J connectivity index is 2.31. The Morgan fingerprint density at radius 1 is 0.567 bits per heavy atom. The Morgan fingerprint density at radius 2 is 0.867 bits per heavy atom. The standard InChI is InChI=1S/C23H18F6P/c24-22(25,26)21(23(27,28)29)16-17-30(18-10-4-1-5-11-18,19-12-6-2-7-13-19)20-14-8-3-9-15-20/h1-16H,17H2/q+1. The molecule has 0 amide bonds. The molecule has 30 heavy (non-hydrogen) atoms. The van der Waals surface area contributed by atoms with Gasteiger partial charge < -0.3 is 0 Å². The number of benzene rings is 3. The van der Waals surface area contributed by atoms with Crippen LogP contribution < -0.4 is 15.9 Å². The van der Waals surface area contributed by atoms with E-state index in [0.717, 1.165) is 0 Å². The van der Waals surface area contributed by atoms with Gasteiger partial charge in [-0.2, -0.15) is 26.3 Å². The number of allylic oxidation sites excluding steroid dienone is 2. The molecule has 0 aliphatic rings. The Morgan fingerprint density at radius 3 is 1.13 bits per heavy atom. The molecule has 0 aliphatic heterocycles. The van der Waals surface area contributed by atoms with Crippen molar-refractivity contribution < 1.29 is 26.3 Å². The Kier molecular flexibility index (Phi) is 6.37. The molecule has 7 heteroatoms. The van der Waals surface area contributed by atoms with Crippen LogP contribution in [0.25, 0.3) is 0 Å². The molecule has 0 bridgehead atoms. The zero-order chi connectivity index (χ0) is 21.8. The van der Waals surface area contributed by atoms with Gasteiger partial charge in [-0.25, -0.2) is 0 Å². The van der Waals surface area contributed by atoms with Crippen LogP contribution in [0, 0.1) is 0 Å². The monoisotopic (exact) mass is 439 g/mol. The number of alkyl halides is 6. The van der Waals surface area contributed by atoms with Gasteiger partial charge in [0.15, 0.2) is 0 Å². The van der Waals surface area contributed by atoms with Crippen LogP contribution in [0.5, 0.6) is 0 Å². The highest BCUT2D eigenvalue weighted by Crippen LogP contribution is 2.56. The van der Waals surface area contributed by atoms with Crippen LogP contribution in [0.1, 0.15) is 0 Å². The maximum absolute atomic E-state index is 13.2. The molecule has 0 atom stereocenters. The van der Waals surface area contributed by atoms with E-state index in [2.05, 4.69) is 0 Å². The first-order valence-electron chi connectivity index (χ1n) is 9.05. The second kappa shape index (κ2) is 8.65. The first-order valence-corrected chi connectivity index (χ1v) is 11.0. The molecular weight excluding hydrogens is 421 g/mol. The van der Waals surface area contributed by atoms with Crippen LogP contribution in [-0.4, -0.2) is 18.5 Å². The smallest absolute Gasteiger partial charge is 0.166 e. The lowest BCUT2D eigenvalue weighted by molar-refractivity contribution is -0.172. The van der Waals surface area contributed by atoms with Crippen LogP contribution in [0.2, 0.25) is 0 Å². The summed E-state index contributed by atoms with van der Waals surface area (Å²) in [6.45, 7) is 0. The van der Waals surface area contributed by atoms with Gasteiger partial charge in [0.25, 0.3) is 0 Å². The van der Waals surface area contributed by atoms with Crippen molar-refractivity contribution >= 4 is 23.2 Å². The topological polar surface area (TPSA) is 0 Å². The fraction of sp³-hybridized carbons (Fsp3) is 0.130. The predicted octanol–water partition coefficient (Wildman–Crippen LogP) is 6.03. The first kappa shape index (κ1) is 22.1. The van der Waals surface area contributed by atoms with E-state index < -0.39 is 31.4 Å². The van der Waals surface area contributed by atoms with E-state index in [1.165, 1.54) is 0 Å². The molecule has 0 N–H and O–H groups in total. The predicted molar refractivity (Wildman–Crippen MR) is 110 cm³/mol. The molecule has 3 rings (SSSR count). The van der Waals surface area contributed by atoms with Crippen LogP contribution >= 0.6 is 7.26 Å². The minimum Gasteiger partial charge on any atom is -0.166 e. The highest BCUT2D eigenvalue weighted by molar-refractivity contribution is 7.95. The molecule has 0 saturated carbocycles. The Bertz CT molecular complexity index is 864. The summed E-state index contributed by atoms with van der Waals surface area (Å²) in [5.41, 5.74) is -2.47. The van der Waals surface area contributed by atoms with E-state index in [9.17, 15) is 26.3 Å². The minimum atomic E-state index is -5.49. The molecule has 156 valence electrons. The normalized spacial score (nSPS) is 12.5. The third kappa shape index (κ3) is 4.59. The summed E-state index contributed by atoms with van der Waals surface area (Å²) < 4.78 is 79.3. The molecule has 0 heterocycles. The quantitative estimate of drug-likeness (QED) is 0.259. The summed E-state index contributed by atoms with van der Waals surface area (Å²) in [6, 6.07) is 26.4. The van der Waals surface area contributed by atoms with Crippen molar-refractivity contribution in [2.75, 3.05) is 6.16 Å². The molecule has 0 unspecified atom stereocenters. The van der Waals surface area contributed by atoms with Gasteiger partial charge in [0.05, 0.1) is 6.16 Å². The zero-order valence-corrected chi connectivity index (χ0v) is 16.6. The second-order valence-electron chi connectivity index (χ2n) is 6.61. The molecule has 0 aliphatic carbocycles. The van der Waals surface area contributed by atoms with E-state index in [4.69, 9.17) is 0 Å². The molecule has 3 aromatic carbocycles. The van der Waals surface area contributed by atoms with Crippen molar-refractivity contribution in [2.24, 2.45) is 0 Å². The number of hydrogen-bond acceptors (Lipinski definition) is 0. The summed E-state index contributed by atoms with van der Waals surface area (Å²) in [5, 5.41) is 2.13. The number of halogens is 6. The number of hydrogen-bond donors (Lipinski definition) is 0.